The maximum absolute atomic E-state index is 12.2. The molecule has 0 bridgehead atoms. The third-order valence-corrected chi connectivity index (χ3v) is 4.76. The van der Waals surface area contributed by atoms with Crippen molar-refractivity contribution in [1.82, 2.24) is 9.97 Å². The van der Waals surface area contributed by atoms with Crippen molar-refractivity contribution in [2.75, 3.05) is 12.0 Å². The van der Waals surface area contributed by atoms with Crippen molar-refractivity contribution in [3.05, 3.63) is 17.6 Å². The number of nitriles is 1. The summed E-state index contributed by atoms with van der Waals surface area (Å²) in [6, 6.07) is 3.75. The zero-order chi connectivity index (χ0) is 15.7. The van der Waals surface area contributed by atoms with Crippen LogP contribution in [0.25, 0.3) is 0 Å². The Balaban J connectivity index is 2.01. The number of hydrogen-bond acceptors (Lipinski definition) is 6. The van der Waals surface area contributed by atoms with Crippen molar-refractivity contribution in [3.63, 3.8) is 0 Å². The van der Waals surface area contributed by atoms with Crippen molar-refractivity contribution in [2.24, 2.45) is 5.92 Å². The fraction of sp³-hybridized carbons (Fsp3) is 0.625. The predicted molar refractivity (Wildman–Crippen MR) is 80.1 cm³/mol. The van der Waals surface area contributed by atoms with Gasteiger partial charge in [0.1, 0.15) is 29.4 Å². The van der Waals surface area contributed by atoms with Crippen molar-refractivity contribution >= 4 is 11.8 Å². The molecule has 0 radical (unpaired) electrons. The molecule has 2 aliphatic rings. The van der Waals surface area contributed by atoms with Crippen LogP contribution in [0.3, 0.4) is 0 Å². The Kier molecular flexibility index (Phi) is 3.97. The third-order valence-electron chi connectivity index (χ3n) is 4.76. The molecule has 1 aliphatic carbocycles. The number of methoxy groups -OCH3 is 1. The molecule has 0 amide bonds. The average Bonchev–Trinajstić information content (AvgIpc) is 2.92. The number of hydrogen-bond donors (Lipinski definition) is 0. The maximum Gasteiger partial charge on any atom is 0.328 e. The van der Waals surface area contributed by atoms with Crippen LogP contribution in [-0.4, -0.2) is 35.1 Å². The van der Waals surface area contributed by atoms with Gasteiger partial charge in [0.05, 0.1) is 7.11 Å². The minimum absolute atomic E-state index is 0.218. The molecule has 6 heteroatoms. The van der Waals surface area contributed by atoms with Gasteiger partial charge in [-0.15, -0.1) is 0 Å². The molecule has 0 N–H and O–H groups in total. The molecule has 2 fully saturated rings. The van der Waals surface area contributed by atoms with Gasteiger partial charge < -0.3 is 9.64 Å². The fourth-order valence-corrected chi connectivity index (χ4v) is 3.88. The molecular formula is C16H20N4O2. The normalized spacial score (nSPS) is 27.1. The van der Waals surface area contributed by atoms with Crippen LogP contribution in [0.1, 0.15) is 43.6 Å². The molecule has 2 heterocycles. The predicted octanol–water partition coefficient (Wildman–Crippen LogP) is 1.97. The Morgan fingerprint density at radius 1 is 1.41 bits per heavy atom. The van der Waals surface area contributed by atoms with E-state index in [1.54, 1.807) is 13.0 Å². The lowest BCUT2D eigenvalue weighted by atomic mass is 9.85. The van der Waals surface area contributed by atoms with Gasteiger partial charge in [0.15, 0.2) is 0 Å². The second-order valence-electron chi connectivity index (χ2n) is 6.06. The number of ether oxygens (including phenoxy) is 1. The highest BCUT2D eigenvalue weighted by Crippen LogP contribution is 2.42. The summed E-state index contributed by atoms with van der Waals surface area (Å²) in [5.74, 6) is 1.51. The van der Waals surface area contributed by atoms with E-state index in [1.165, 1.54) is 20.0 Å². The standard InChI is InChI=1S/C16H20N4O2/c1-10-18-12(9-17)8-15(19-10)20-13-6-4-3-5-11(13)7-14(20)16(21)22-2/h8,11,13-14H,3-7H2,1-2H3/t11-,13-,14-/m0/s1. The van der Waals surface area contributed by atoms with E-state index in [4.69, 9.17) is 10.00 Å². The summed E-state index contributed by atoms with van der Waals surface area (Å²) >= 11 is 0. The number of aryl methyl sites for hydroxylation is 1. The summed E-state index contributed by atoms with van der Waals surface area (Å²) in [7, 11) is 1.43. The van der Waals surface area contributed by atoms with Crippen LogP contribution in [-0.2, 0) is 9.53 Å². The van der Waals surface area contributed by atoms with Crippen LogP contribution in [0, 0.1) is 24.2 Å². The molecule has 116 valence electrons. The summed E-state index contributed by atoms with van der Waals surface area (Å²) in [6.45, 7) is 1.77. The maximum atomic E-state index is 12.2. The lowest BCUT2D eigenvalue weighted by Gasteiger charge is -2.34. The Morgan fingerprint density at radius 3 is 2.91 bits per heavy atom. The Hall–Kier alpha value is -2.16. The lowest BCUT2D eigenvalue weighted by Crippen LogP contribution is -2.43. The molecule has 0 unspecified atom stereocenters. The van der Waals surface area contributed by atoms with E-state index in [0.717, 1.165) is 19.3 Å². The number of carbonyl (C=O) groups excluding carboxylic acids is 1. The van der Waals surface area contributed by atoms with E-state index in [9.17, 15) is 4.79 Å². The van der Waals surface area contributed by atoms with E-state index in [1.807, 2.05) is 0 Å². The molecule has 22 heavy (non-hydrogen) atoms. The second kappa shape index (κ2) is 5.91. The summed E-state index contributed by atoms with van der Waals surface area (Å²) in [5, 5.41) is 9.13. The van der Waals surface area contributed by atoms with Crippen molar-refractivity contribution in [1.29, 1.82) is 5.26 Å². The van der Waals surface area contributed by atoms with Gasteiger partial charge in [-0.05, 0) is 32.1 Å². The molecule has 1 saturated heterocycles. The molecule has 1 aromatic heterocycles. The van der Waals surface area contributed by atoms with Gasteiger partial charge in [0, 0.05) is 12.1 Å². The third kappa shape index (κ3) is 2.52. The van der Waals surface area contributed by atoms with Crippen LogP contribution < -0.4 is 4.90 Å². The van der Waals surface area contributed by atoms with Crippen LogP contribution in [0.4, 0.5) is 5.82 Å². The van der Waals surface area contributed by atoms with Gasteiger partial charge in [-0.1, -0.05) is 12.8 Å². The fourth-order valence-electron chi connectivity index (χ4n) is 3.88. The van der Waals surface area contributed by atoms with Crippen LogP contribution in [0.15, 0.2) is 6.07 Å². The van der Waals surface area contributed by atoms with Crippen LogP contribution in [0.5, 0.6) is 0 Å². The molecule has 0 aromatic carbocycles. The number of rotatable bonds is 2. The molecule has 3 rings (SSSR count). The lowest BCUT2D eigenvalue weighted by molar-refractivity contribution is -0.142. The highest BCUT2D eigenvalue weighted by atomic mass is 16.5. The van der Waals surface area contributed by atoms with Crippen LogP contribution >= 0.6 is 0 Å². The Bertz CT molecular complexity index is 625. The summed E-state index contributed by atoms with van der Waals surface area (Å²) in [6.07, 6.45) is 5.39. The van der Waals surface area contributed by atoms with Gasteiger partial charge >= 0.3 is 5.97 Å². The molecule has 0 spiro atoms. The summed E-state index contributed by atoms with van der Waals surface area (Å²) in [4.78, 5) is 22.9. The highest BCUT2D eigenvalue weighted by Gasteiger charge is 2.46. The van der Waals surface area contributed by atoms with E-state index in [2.05, 4.69) is 20.9 Å². The number of anilines is 1. The molecule has 6 nitrogen and oxygen atoms in total. The molecule has 1 aromatic rings. The SMILES string of the molecule is COC(=O)[C@@H]1C[C@@H]2CCCC[C@@H]2N1c1cc(C#N)nc(C)n1. The van der Waals surface area contributed by atoms with Gasteiger partial charge in [0.2, 0.25) is 0 Å². The smallest absolute Gasteiger partial charge is 0.328 e. The van der Waals surface area contributed by atoms with Crippen molar-refractivity contribution in [2.45, 2.75) is 51.1 Å². The van der Waals surface area contributed by atoms with Gasteiger partial charge in [-0.25, -0.2) is 14.8 Å². The monoisotopic (exact) mass is 300 g/mol. The highest BCUT2D eigenvalue weighted by molar-refractivity contribution is 5.81. The first-order chi connectivity index (χ1) is 10.6. The number of carbonyl (C=O) groups is 1. The van der Waals surface area contributed by atoms with Crippen molar-refractivity contribution in [3.8, 4) is 6.07 Å². The number of esters is 1. The average molecular weight is 300 g/mol. The van der Waals surface area contributed by atoms with E-state index < -0.39 is 0 Å². The van der Waals surface area contributed by atoms with E-state index >= 15 is 0 Å². The zero-order valence-corrected chi connectivity index (χ0v) is 13.0. The van der Waals surface area contributed by atoms with E-state index in [-0.39, 0.29) is 12.0 Å². The minimum Gasteiger partial charge on any atom is -0.467 e. The number of nitrogens with zero attached hydrogens (tertiary/aromatic N) is 4. The summed E-state index contributed by atoms with van der Waals surface area (Å²) in [5.41, 5.74) is 0.338. The quantitative estimate of drug-likeness (QED) is 0.777. The first kappa shape index (κ1) is 14.8. The Morgan fingerprint density at radius 2 is 2.18 bits per heavy atom. The topological polar surface area (TPSA) is 79.1 Å². The second-order valence-corrected chi connectivity index (χ2v) is 6.06. The first-order valence-electron chi connectivity index (χ1n) is 7.76. The Labute approximate surface area is 130 Å². The molecule has 1 aliphatic heterocycles. The van der Waals surface area contributed by atoms with Gasteiger partial charge in [-0.2, -0.15) is 5.26 Å². The van der Waals surface area contributed by atoms with Crippen molar-refractivity contribution < 1.29 is 9.53 Å². The molecular weight excluding hydrogens is 280 g/mol. The zero-order valence-electron chi connectivity index (χ0n) is 13.0. The minimum atomic E-state index is -0.307. The summed E-state index contributed by atoms with van der Waals surface area (Å²) < 4.78 is 4.99. The van der Waals surface area contributed by atoms with Gasteiger partial charge in [0.25, 0.3) is 0 Å². The number of aromatic nitrogens is 2. The van der Waals surface area contributed by atoms with Gasteiger partial charge in [-0.3, -0.25) is 0 Å². The molecule has 1 saturated carbocycles. The first-order valence-corrected chi connectivity index (χ1v) is 7.76. The molecule has 3 atom stereocenters. The largest absolute Gasteiger partial charge is 0.467 e. The van der Waals surface area contributed by atoms with Crippen LogP contribution in [0.2, 0.25) is 0 Å². The van der Waals surface area contributed by atoms with E-state index in [0.29, 0.717) is 29.3 Å². The number of fused-ring (bicyclic) bond motifs is 1.